The molecule has 0 aliphatic carbocycles. The van der Waals surface area contributed by atoms with E-state index in [-0.39, 0.29) is 5.41 Å². The van der Waals surface area contributed by atoms with Gasteiger partial charge in [-0.1, -0.05) is 52.0 Å². The van der Waals surface area contributed by atoms with Crippen LogP contribution in [0.3, 0.4) is 0 Å². The molecule has 0 atom stereocenters. The van der Waals surface area contributed by atoms with Crippen LogP contribution in [0, 0.1) is 22.7 Å². The lowest BCUT2D eigenvalue weighted by Crippen LogP contribution is -2.15. The van der Waals surface area contributed by atoms with Crippen molar-refractivity contribution in [2.24, 2.45) is 0 Å². The maximum atomic E-state index is 8.90. The van der Waals surface area contributed by atoms with Crippen LogP contribution in [0.5, 0.6) is 0 Å². The number of benzene rings is 1. The Morgan fingerprint density at radius 2 is 1.64 bits per heavy atom. The van der Waals surface area contributed by atoms with Crippen molar-refractivity contribution in [1.82, 2.24) is 4.98 Å². The van der Waals surface area contributed by atoms with E-state index in [4.69, 9.17) is 10.5 Å². The molecule has 22 heavy (non-hydrogen) atoms. The first-order valence-corrected chi connectivity index (χ1v) is 7.40. The van der Waals surface area contributed by atoms with Crippen LogP contribution in [0.2, 0.25) is 0 Å². The summed E-state index contributed by atoms with van der Waals surface area (Å²) in [6, 6.07) is 14.2. The van der Waals surface area contributed by atoms with E-state index in [2.05, 4.69) is 31.0 Å². The molecule has 0 fully saturated rings. The van der Waals surface area contributed by atoms with Crippen molar-refractivity contribution in [3.8, 4) is 23.3 Å². The zero-order valence-corrected chi connectivity index (χ0v) is 13.6. The Bertz CT molecular complexity index is 686. The first kappa shape index (κ1) is 17.4. The van der Waals surface area contributed by atoms with Crippen LogP contribution in [-0.2, 0) is 5.41 Å². The van der Waals surface area contributed by atoms with Crippen molar-refractivity contribution >= 4 is 0 Å². The molecule has 0 amide bonds. The van der Waals surface area contributed by atoms with Crippen LogP contribution in [0.1, 0.15) is 45.2 Å². The van der Waals surface area contributed by atoms with Crippen molar-refractivity contribution in [2.75, 3.05) is 0 Å². The highest BCUT2D eigenvalue weighted by Gasteiger charge is 2.19. The fraction of sp³-hybridized carbons (Fsp3) is 0.316. The van der Waals surface area contributed by atoms with E-state index in [9.17, 15) is 0 Å². The fourth-order valence-electron chi connectivity index (χ4n) is 2.07. The van der Waals surface area contributed by atoms with Crippen LogP contribution in [0.15, 0.2) is 42.7 Å². The Balaban J connectivity index is 0.00000116. The summed E-state index contributed by atoms with van der Waals surface area (Å²) >= 11 is 0. The smallest absolute Gasteiger partial charge is 0.101 e. The molecule has 1 aromatic carbocycles. The van der Waals surface area contributed by atoms with Gasteiger partial charge in [-0.05, 0) is 17.2 Å². The summed E-state index contributed by atoms with van der Waals surface area (Å²) in [6.07, 6.45) is 3.78. The minimum Gasteiger partial charge on any atom is -0.263 e. The van der Waals surface area contributed by atoms with Gasteiger partial charge >= 0.3 is 0 Å². The second-order valence-electron chi connectivity index (χ2n) is 5.37. The summed E-state index contributed by atoms with van der Waals surface area (Å²) in [4.78, 5) is 4.07. The van der Waals surface area contributed by atoms with Crippen LogP contribution >= 0.6 is 0 Å². The van der Waals surface area contributed by atoms with E-state index in [1.165, 1.54) is 0 Å². The van der Waals surface area contributed by atoms with Crippen molar-refractivity contribution in [2.45, 2.75) is 39.5 Å². The van der Waals surface area contributed by atoms with Gasteiger partial charge in [0, 0.05) is 29.8 Å². The molecule has 0 saturated carbocycles. The standard InChI is InChI=1S/C17H15N3.C2H6/c1-17(2,7-8-18)16-5-3-14(4-6-16)15-9-13(10-19)11-20-12-15;1-2/h3-6,9,11-12H,7H2,1-2H3;1-2H3. The van der Waals surface area contributed by atoms with Gasteiger partial charge in [-0.25, -0.2) is 0 Å². The van der Waals surface area contributed by atoms with Gasteiger partial charge in [-0.2, -0.15) is 10.5 Å². The van der Waals surface area contributed by atoms with E-state index in [0.29, 0.717) is 12.0 Å². The number of pyridine rings is 1. The molecule has 0 N–H and O–H groups in total. The lowest BCUT2D eigenvalue weighted by Gasteiger charge is -2.22. The predicted octanol–water partition coefficient (Wildman–Crippen LogP) is 4.84. The van der Waals surface area contributed by atoms with E-state index < -0.39 is 0 Å². The zero-order chi connectivity index (χ0) is 16.6. The van der Waals surface area contributed by atoms with Crippen molar-refractivity contribution in [1.29, 1.82) is 10.5 Å². The molecule has 0 spiro atoms. The quantitative estimate of drug-likeness (QED) is 0.813. The monoisotopic (exact) mass is 291 g/mol. The molecule has 0 aliphatic rings. The van der Waals surface area contributed by atoms with Crippen LogP contribution in [0.4, 0.5) is 0 Å². The minimum atomic E-state index is -0.153. The third-order valence-corrected chi connectivity index (χ3v) is 3.39. The number of hydrogen-bond acceptors (Lipinski definition) is 3. The zero-order valence-electron chi connectivity index (χ0n) is 13.6. The molecule has 3 nitrogen and oxygen atoms in total. The Morgan fingerprint density at radius 1 is 1.00 bits per heavy atom. The molecule has 0 unspecified atom stereocenters. The molecule has 112 valence electrons. The molecule has 3 heteroatoms. The molecule has 1 aromatic heterocycles. The van der Waals surface area contributed by atoms with Gasteiger partial charge in [0.05, 0.1) is 11.6 Å². The highest BCUT2D eigenvalue weighted by atomic mass is 14.6. The highest BCUT2D eigenvalue weighted by Crippen LogP contribution is 2.29. The number of nitriles is 2. The first-order valence-electron chi connectivity index (χ1n) is 7.40. The van der Waals surface area contributed by atoms with Crippen molar-refractivity contribution < 1.29 is 0 Å². The van der Waals surface area contributed by atoms with E-state index in [1.807, 2.05) is 44.2 Å². The average Bonchev–Trinajstić information content (AvgIpc) is 2.57. The van der Waals surface area contributed by atoms with Gasteiger partial charge in [-0.3, -0.25) is 4.98 Å². The normalized spacial score (nSPS) is 9.91. The van der Waals surface area contributed by atoms with Gasteiger partial charge in [0.25, 0.3) is 0 Å². The van der Waals surface area contributed by atoms with Gasteiger partial charge in [-0.15, -0.1) is 0 Å². The topological polar surface area (TPSA) is 60.5 Å². The molecule has 1 heterocycles. The van der Waals surface area contributed by atoms with Gasteiger partial charge in [0.2, 0.25) is 0 Å². The molecule has 0 aliphatic heterocycles. The second-order valence-corrected chi connectivity index (χ2v) is 5.37. The molecule has 0 saturated heterocycles. The summed E-state index contributed by atoms with van der Waals surface area (Å²) < 4.78 is 0. The molecule has 2 rings (SSSR count). The third-order valence-electron chi connectivity index (χ3n) is 3.39. The van der Waals surface area contributed by atoms with Crippen molar-refractivity contribution in [3.05, 3.63) is 53.9 Å². The molecular weight excluding hydrogens is 270 g/mol. The van der Waals surface area contributed by atoms with Gasteiger partial charge in [0.15, 0.2) is 0 Å². The number of hydrogen-bond donors (Lipinski definition) is 0. The molecule has 0 bridgehead atoms. The van der Waals surface area contributed by atoms with E-state index in [1.54, 1.807) is 12.4 Å². The summed E-state index contributed by atoms with van der Waals surface area (Å²) in [5.74, 6) is 0. The molecule has 2 aromatic rings. The lowest BCUT2D eigenvalue weighted by molar-refractivity contribution is 0.540. The second kappa shape index (κ2) is 7.96. The van der Waals surface area contributed by atoms with E-state index in [0.717, 1.165) is 16.7 Å². The van der Waals surface area contributed by atoms with Crippen LogP contribution in [-0.4, -0.2) is 4.98 Å². The number of rotatable bonds is 3. The third kappa shape index (κ3) is 4.17. The Hall–Kier alpha value is -2.65. The summed E-state index contributed by atoms with van der Waals surface area (Å²) in [5, 5.41) is 17.8. The maximum Gasteiger partial charge on any atom is 0.101 e. The fourth-order valence-corrected chi connectivity index (χ4v) is 2.07. The predicted molar refractivity (Wildman–Crippen MR) is 89.0 cm³/mol. The SMILES string of the molecule is CC.CC(C)(CC#N)c1ccc(-c2cncc(C#N)c2)cc1. The minimum absolute atomic E-state index is 0.153. The van der Waals surface area contributed by atoms with Crippen LogP contribution in [0.25, 0.3) is 11.1 Å². The Kier molecular flexibility index (Phi) is 6.29. The van der Waals surface area contributed by atoms with Crippen molar-refractivity contribution in [3.63, 3.8) is 0 Å². The van der Waals surface area contributed by atoms with E-state index >= 15 is 0 Å². The Morgan fingerprint density at radius 3 is 2.18 bits per heavy atom. The lowest BCUT2D eigenvalue weighted by atomic mass is 9.81. The largest absolute Gasteiger partial charge is 0.263 e. The molecular formula is C19H21N3. The number of aromatic nitrogens is 1. The highest BCUT2D eigenvalue weighted by molar-refractivity contribution is 5.64. The maximum absolute atomic E-state index is 8.90. The Labute approximate surface area is 132 Å². The summed E-state index contributed by atoms with van der Waals surface area (Å²) in [7, 11) is 0. The van der Waals surface area contributed by atoms with Crippen LogP contribution < -0.4 is 0 Å². The summed E-state index contributed by atoms with van der Waals surface area (Å²) in [5.41, 5.74) is 3.48. The van der Waals surface area contributed by atoms with Gasteiger partial charge < -0.3 is 0 Å². The number of nitrogens with zero attached hydrogens (tertiary/aromatic N) is 3. The molecule has 0 radical (unpaired) electrons. The average molecular weight is 291 g/mol. The first-order chi connectivity index (χ1) is 10.6. The van der Waals surface area contributed by atoms with Gasteiger partial charge in [0.1, 0.15) is 6.07 Å². The summed E-state index contributed by atoms with van der Waals surface area (Å²) in [6.45, 7) is 8.12.